The Labute approximate surface area is 90.0 Å². The van der Waals surface area contributed by atoms with Gasteiger partial charge in [-0.3, -0.25) is 0 Å². The van der Waals surface area contributed by atoms with Crippen LogP contribution in [-0.2, 0) is 10.2 Å². The molecule has 0 saturated heterocycles. The maximum atomic E-state index is 13.7. The summed E-state index contributed by atoms with van der Waals surface area (Å²) in [6, 6.07) is 4.89. The van der Waals surface area contributed by atoms with Crippen LogP contribution in [-0.4, -0.2) is 13.9 Å². The van der Waals surface area contributed by atoms with Crippen LogP contribution in [0.1, 0.15) is 26.3 Å². The maximum Gasteiger partial charge on any atom is 0.188 e. The normalized spacial score (nSPS) is 11.5. The number of hydrogen-bond donors (Lipinski definition) is 0. The molecule has 0 bridgehead atoms. The van der Waals surface area contributed by atoms with E-state index in [1.165, 1.54) is 13.2 Å². The first kappa shape index (κ1) is 12.0. The zero-order valence-electron chi connectivity index (χ0n) is 9.63. The van der Waals surface area contributed by atoms with E-state index in [9.17, 15) is 4.39 Å². The Morgan fingerprint density at radius 1 is 1.27 bits per heavy atom. The van der Waals surface area contributed by atoms with Gasteiger partial charge >= 0.3 is 0 Å². The molecular formula is C12H17FO2. The Kier molecular flexibility index (Phi) is 3.69. The number of halogens is 1. The third kappa shape index (κ3) is 3.20. The second-order valence-corrected chi connectivity index (χ2v) is 4.44. The first-order valence-electron chi connectivity index (χ1n) is 4.87. The lowest BCUT2D eigenvalue weighted by Gasteiger charge is -2.20. The molecule has 0 aliphatic carbocycles. The van der Waals surface area contributed by atoms with Crippen molar-refractivity contribution >= 4 is 0 Å². The fourth-order valence-electron chi connectivity index (χ4n) is 1.32. The number of benzene rings is 1. The molecule has 0 radical (unpaired) electrons. The van der Waals surface area contributed by atoms with E-state index in [0.29, 0.717) is 11.3 Å². The second-order valence-electron chi connectivity index (χ2n) is 4.44. The van der Waals surface area contributed by atoms with Crippen LogP contribution in [0, 0.1) is 5.82 Å². The van der Waals surface area contributed by atoms with Crippen molar-refractivity contribution in [2.24, 2.45) is 0 Å². The quantitative estimate of drug-likeness (QED) is 0.717. The van der Waals surface area contributed by atoms with Crippen LogP contribution in [0.25, 0.3) is 0 Å². The summed E-state index contributed by atoms with van der Waals surface area (Å²) < 4.78 is 23.5. The lowest BCUT2D eigenvalue weighted by molar-refractivity contribution is 0.0509. The summed E-state index contributed by atoms with van der Waals surface area (Å²) in [6.07, 6.45) is 0. The average Bonchev–Trinajstić information content (AvgIpc) is 2.12. The predicted molar refractivity (Wildman–Crippen MR) is 57.6 cm³/mol. The average molecular weight is 212 g/mol. The molecule has 0 unspecified atom stereocenters. The monoisotopic (exact) mass is 212 g/mol. The maximum absolute atomic E-state index is 13.7. The number of hydrogen-bond acceptors (Lipinski definition) is 2. The largest absolute Gasteiger partial charge is 0.467 e. The lowest BCUT2D eigenvalue weighted by Crippen LogP contribution is -2.13. The highest BCUT2D eigenvalue weighted by Crippen LogP contribution is 2.27. The summed E-state index contributed by atoms with van der Waals surface area (Å²) in [6.45, 7) is 6.05. The van der Waals surface area contributed by atoms with Gasteiger partial charge in [-0.1, -0.05) is 26.8 Å². The van der Waals surface area contributed by atoms with E-state index in [1.807, 2.05) is 20.8 Å². The SMILES string of the molecule is COCOc1ccc(C(C)(C)C)c(F)c1. The minimum Gasteiger partial charge on any atom is -0.467 e. The van der Waals surface area contributed by atoms with Gasteiger partial charge < -0.3 is 9.47 Å². The predicted octanol–water partition coefficient (Wildman–Crippen LogP) is 3.11. The highest BCUT2D eigenvalue weighted by molar-refractivity contribution is 5.32. The summed E-state index contributed by atoms with van der Waals surface area (Å²) in [7, 11) is 1.53. The summed E-state index contributed by atoms with van der Waals surface area (Å²) >= 11 is 0. The van der Waals surface area contributed by atoms with Gasteiger partial charge in [-0.15, -0.1) is 0 Å². The van der Waals surface area contributed by atoms with Crippen LogP contribution in [0.2, 0.25) is 0 Å². The van der Waals surface area contributed by atoms with E-state index in [2.05, 4.69) is 0 Å². The van der Waals surface area contributed by atoms with Crippen LogP contribution < -0.4 is 4.74 Å². The highest BCUT2D eigenvalue weighted by atomic mass is 19.1. The van der Waals surface area contributed by atoms with Crippen molar-refractivity contribution in [2.75, 3.05) is 13.9 Å². The van der Waals surface area contributed by atoms with Gasteiger partial charge in [0.25, 0.3) is 0 Å². The van der Waals surface area contributed by atoms with E-state index in [0.717, 1.165) is 0 Å². The van der Waals surface area contributed by atoms with Gasteiger partial charge in [0.2, 0.25) is 0 Å². The molecule has 1 rings (SSSR count). The van der Waals surface area contributed by atoms with Crippen molar-refractivity contribution in [1.82, 2.24) is 0 Å². The van der Waals surface area contributed by atoms with Gasteiger partial charge in [0.15, 0.2) is 6.79 Å². The second kappa shape index (κ2) is 4.62. The molecule has 1 aromatic carbocycles. The van der Waals surface area contributed by atoms with E-state index in [4.69, 9.17) is 9.47 Å². The van der Waals surface area contributed by atoms with Gasteiger partial charge in [0.1, 0.15) is 11.6 Å². The van der Waals surface area contributed by atoms with Crippen LogP contribution in [0.15, 0.2) is 18.2 Å². The fraction of sp³-hybridized carbons (Fsp3) is 0.500. The van der Waals surface area contributed by atoms with Gasteiger partial charge in [0, 0.05) is 13.2 Å². The Morgan fingerprint density at radius 3 is 2.40 bits per heavy atom. The van der Waals surface area contributed by atoms with Gasteiger partial charge in [-0.2, -0.15) is 0 Å². The van der Waals surface area contributed by atoms with Crippen molar-refractivity contribution < 1.29 is 13.9 Å². The molecule has 0 aromatic heterocycles. The van der Waals surface area contributed by atoms with Gasteiger partial charge in [-0.05, 0) is 17.0 Å². The van der Waals surface area contributed by atoms with E-state index >= 15 is 0 Å². The molecule has 0 fully saturated rings. The number of rotatable bonds is 3. The molecule has 0 aliphatic heterocycles. The van der Waals surface area contributed by atoms with Gasteiger partial charge in [-0.25, -0.2) is 4.39 Å². The Morgan fingerprint density at radius 2 is 1.93 bits per heavy atom. The van der Waals surface area contributed by atoms with Crippen LogP contribution in [0.5, 0.6) is 5.75 Å². The van der Waals surface area contributed by atoms with Crippen molar-refractivity contribution in [2.45, 2.75) is 26.2 Å². The van der Waals surface area contributed by atoms with E-state index in [-0.39, 0.29) is 18.0 Å². The minimum atomic E-state index is -0.240. The smallest absolute Gasteiger partial charge is 0.188 e. The molecule has 0 heterocycles. The molecule has 0 spiro atoms. The zero-order chi connectivity index (χ0) is 11.5. The topological polar surface area (TPSA) is 18.5 Å². The molecule has 3 heteroatoms. The molecule has 0 atom stereocenters. The van der Waals surface area contributed by atoms with Crippen molar-refractivity contribution in [1.29, 1.82) is 0 Å². The summed E-state index contributed by atoms with van der Waals surface area (Å²) in [5.41, 5.74) is 0.497. The minimum absolute atomic E-state index is 0.133. The first-order valence-corrected chi connectivity index (χ1v) is 4.87. The van der Waals surface area contributed by atoms with Crippen LogP contribution in [0.4, 0.5) is 4.39 Å². The fourth-order valence-corrected chi connectivity index (χ4v) is 1.32. The van der Waals surface area contributed by atoms with Crippen molar-refractivity contribution in [3.8, 4) is 5.75 Å². The highest BCUT2D eigenvalue weighted by Gasteiger charge is 2.18. The molecule has 0 amide bonds. The molecule has 0 N–H and O–H groups in total. The van der Waals surface area contributed by atoms with Gasteiger partial charge in [0.05, 0.1) is 0 Å². The third-order valence-corrected chi connectivity index (χ3v) is 2.09. The Bertz CT molecular complexity index is 329. The molecule has 1 aromatic rings. The molecule has 0 saturated carbocycles. The molecule has 84 valence electrons. The lowest BCUT2D eigenvalue weighted by atomic mass is 9.87. The molecular weight excluding hydrogens is 195 g/mol. The zero-order valence-corrected chi connectivity index (χ0v) is 9.63. The summed E-state index contributed by atoms with van der Waals surface area (Å²) in [4.78, 5) is 0. The van der Waals surface area contributed by atoms with Crippen molar-refractivity contribution in [3.63, 3.8) is 0 Å². The summed E-state index contributed by atoms with van der Waals surface area (Å²) in [5.74, 6) is 0.249. The summed E-state index contributed by atoms with van der Waals surface area (Å²) in [5, 5.41) is 0. The molecule has 15 heavy (non-hydrogen) atoms. The van der Waals surface area contributed by atoms with Crippen LogP contribution in [0.3, 0.4) is 0 Å². The third-order valence-electron chi connectivity index (χ3n) is 2.09. The first-order chi connectivity index (χ1) is 6.95. The number of methoxy groups -OCH3 is 1. The van der Waals surface area contributed by atoms with Crippen LogP contribution >= 0.6 is 0 Å². The number of ether oxygens (including phenoxy) is 2. The van der Waals surface area contributed by atoms with Crippen molar-refractivity contribution in [3.05, 3.63) is 29.6 Å². The standard InChI is InChI=1S/C12H17FO2/c1-12(2,3)10-6-5-9(7-11(10)13)15-8-14-4/h5-7H,8H2,1-4H3. The van der Waals surface area contributed by atoms with E-state index in [1.54, 1.807) is 12.1 Å². The Hall–Kier alpha value is -1.09. The molecule has 0 aliphatic rings. The Balaban J connectivity index is 2.89. The molecule has 2 nitrogen and oxygen atoms in total. The van der Waals surface area contributed by atoms with E-state index < -0.39 is 0 Å².